The second kappa shape index (κ2) is 3.55. The SMILES string of the molecule is CCCCSC1CC1(Cl)Cl. The maximum atomic E-state index is 5.83. The van der Waals surface area contributed by atoms with Crippen molar-refractivity contribution in [2.24, 2.45) is 0 Å². The fourth-order valence-electron chi connectivity index (χ4n) is 0.739. The van der Waals surface area contributed by atoms with Gasteiger partial charge in [-0.05, 0) is 18.6 Å². The number of unbranched alkanes of at least 4 members (excludes halogenated alkanes) is 1. The third-order valence-corrected chi connectivity index (χ3v) is 4.18. The van der Waals surface area contributed by atoms with E-state index in [1.165, 1.54) is 18.6 Å². The molecule has 0 aliphatic heterocycles. The average Bonchev–Trinajstić information content (AvgIpc) is 2.41. The summed E-state index contributed by atoms with van der Waals surface area (Å²) in [6, 6.07) is 0. The molecule has 1 saturated carbocycles. The van der Waals surface area contributed by atoms with Gasteiger partial charge in [0.15, 0.2) is 0 Å². The summed E-state index contributed by atoms with van der Waals surface area (Å²) in [5.74, 6) is 1.21. The summed E-state index contributed by atoms with van der Waals surface area (Å²) in [6.07, 6.45) is 3.52. The highest BCUT2D eigenvalue weighted by atomic mass is 35.5. The van der Waals surface area contributed by atoms with Gasteiger partial charge in [-0.2, -0.15) is 11.8 Å². The molecule has 0 aromatic rings. The van der Waals surface area contributed by atoms with Crippen molar-refractivity contribution >= 4 is 35.0 Å². The molecule has 0 heterocycles. The van der Waals surface area contributed by atoms with Crippen molar-refractivity contribution in [3.63, 3.8) is 0 Å². The molecular formula is C7H12Cl2S. The smallest absolute Gasteiger partial charge is 0.131 e. The van der Waals surface area contributed by atoms with Gasteiger partial charge in [0, 0.05) is 5.25 Å². The lowest BCUT2D eigenvalue weighted by atomic mass is 10.4. The van der Waals surface area contributed by atoms with Crippen LogP contribution in [0.5, 0.6) is 0 Å². The molecule has 10 heavy (non-hydrogen) atoms. The van der Waals surface area contributed by atoms with E-state index in [2.05, 4.69) is 6.92 Å². The number of hydrogen-bond acceptors (Lipinski definition) is 1. The van der Waals surface area contributed by atoms with Gasteiger partial charge in [0.05, 0.1) is 0 Å². The summed E-state index contributed by atoms with van der Waals surface area (Å²) in [5, 5.41) is 0.516. The van der Waals surface area contributed by atoms with Crippen LogP contribution in [-0.4, -0.2) is 15.3 Å². The Kier molecular flexibility index (Phi) is 3.20. The van der Waals surface area contributed by atoms with E-state index < -0.39 is 0 Å². The first-order valence-corrected chi connectivity index (χ1v) is 5.46. The van der Waals surface area contributed by atoms with E-state index in [1.54, 1.807) is 0 Å². The second-order valence-electron chi connectivity index (χ2n) is 2.68. The molecule has 1 unspecified atom stereocenters. The van der Waals surface area contributed by atoms with E-state index in [4.69, 9.17) is 23.2 Å². The zero-order chi connectivity index (χ0) is 7.61. The van der Waals surface area contributed by atoms with Crippen LogP contribution in [0, 0.1) is 0 Å². The Morgan fingerprint density at radius 2 is 2.20 bits per heavy atom. The second-order valence-corrected chi connectivity index (χ2v) is 5.53. The summed E-state index contributed by atoms with van der Waals surface area (Å²) in [7, 11) is 0. The van der Waals surface area contributed by atoms with Gasteiger partial charge in [0.2, 0.25) is 0 Å². The highest BCUT2D eigenvalue weighted by Gasteiger charge is 2.51. The Bertz CT molecular complexity index is 114. The first-order valence-electron chi connectivity index (χ1n) is 3.66. The van der Waals surface area contributed by atoms with E-state index in [0.29, 0.717) is 5.25 Å². The van der Waals surface area contributed by atoms with Gasteiger partial charge in [0.25, 0.3) is 0 Å². The molecule has 1 aliphatic carbocycles. The molecule has 0 aromatic carbocycles. The quantitative estimate of drug-likeness (QED) is 0.493. The lowest BCUT2D eigenvalue weighted by molar-refractivity contribution is 0.896. The number of hydrogen-bond donors (Lipinski definition) is 0. The van der Waals surface area contributed by atoms with Gasteiger partial charge in [0.1, 0.15) is 4.33 Å². The fraction of sp³-hybridized carbons (Fsp3) is 1.00. The lowest BCUT2D eigenvalue weighted by Gasteiger charge is -1.97. The zero-order valence-corrected chi connectivity index (χ0v) is 8.40. The molecule has 1 rings (SSSR count). The predicted octanol–water partition coefficient (Wildman–Crippen LogP) is 3.47. The molecule has 0 aromatic heterocycles. The average molecular weight is 199 g/mol. The third-order valence-electron chi connectivity index (χ3n) is 1.59. The molecule has 0 radical (unpaired) electrons. The third kappa shape index (κ3) is 2.52. The molecule has 60 valence electrons. The van der Waals surface area contributed by atoms with Crippen molar-refractivity contribution in [1.29, 1.82) is 0 Å². The molecule has 1 fully saturated rings. The molecule has 0 saturated heterocycles. The van der Waals surface area contributed by atoms with Crippen molar-refractivity contribution in [3.05, 3.63) is 0 Å². The van der Waals surface area contributed by atoms with Crippen LogP contribution < -0.4 is 0 Å². The number of halogens is 2. The minimum absolute atomic E-state index is 0.377. The molecule has 0 bridgehead atoms. The Morgan fingerprint density at radius 3 is 2.60 bits per heavy atom. The number of rotatable bonds is 4. The Morgan fingerprint density at radius 1 is 1.60 bits per heavy atom. The summed E-state index contributed by atoms with van der Waals surface area (Å²) >= 11 is 13.6. The van der Waals surface area contributed by atoms with E-state index >= 15 is 0 Å². The van der Waals surface area contributed by atoms with Crippen molar-refractivity contribution < 1.29 is 0 Å². The minimum atomic E-state index is -0.377. The Hall–Kier alpha value is 0.930. The minimum Gasteiger partial charge on any atom is -0.155 e. The van der Waals surface area contributed by atoms with Crippen molar-refractivity contribution in [2.75, 3.05) is 5.75 Å². The Labute approximate surface area is 76.7 Å². The number of thioether (sulfide) groups is 1. The van der Waals surface area contributed by atoms with Crippen LogP contribution in [0.25, 0.3) is 0 Å². The molecule has 3 heteroatoms. The van der Waals surface area contributed by atoms with Crippen LogP contribution in [0.4, 0.5) is 0 Å². The van der Waals surface area contributed by atoms with Crippen molar-refractivity contribution in [2.45, 2.75) is 35.8 Å². The van der Waals surface area contributed by atoms with Crippen LogP contribution in [0.2, 0.25) is 0 Å². The molecular weight excluding hydrogens is 187 g/mol. The van der Waals surface area contributed by atoms with Crippen LogP contribution in [-0.2, 0) is 0 Å². The summed E-state index contributed by atoms with van der Waals surface area (Å²) in [5.41, 5.74) is 0. The zero-order valence-electron chi connectivity index (χ0n) is 6.07. The fourth-order valence-corrected chi connectivity index (χ4v) is 2.97. The van der Waals surface area contributed by atoms with Gasteiger partial charge in [-0.3, -0.25) is 0 Å². The lowest BCUT2D eigenvalue weighted by Crippen LogP contribution is -1.91. The van der Waals surface area contributed by atoms with Crippen LogP contribution >= 0.6 is 35.0 Å². The first-order chi connectivity index (χ1) is 4.67. The van der Waals surface area contributed by atoms with Gasteiger partial charge >= 0.3 is 0 Å². The first kappa shape index (κ1) is 9.02. The van der Waals surface area contributed by atoms with Crippen LogP contribution in [0.1, 0.15) is 26.2 Å². The molecule has 0 N–H and O–H groups in total. The highest BCUT2D eigenvalue weighted by molar-refractivity contribution is 8.00. The predicted molar refractivity (Wildman–Crippen MR) is 50.2 cm³/mol. The van der Waals surface area contributed by atoms with Crippen molar-refractivity contribution in [1.82, 2.24) is 0 Å². The summed E-state index contributed by atoms with van der Waals surface area (Å²) in [6.45, 7) is 2.20. The van der Waals surface area contributed by atoms with Crippen molar-refractivity contribution in [3.8, 4) is 0 Å². The summed E-state index contributed by atoms with van der Waals surface area (Å²) in [4.78, 5) is 0. The molecule has 0 nitrogen and oxygen atoms in total. The van der Waals surface area contributed by atoms with E-state index in [-0.39, 0.29) is 4.33 Å². The maximum absolute atomic E-state index is 5.83. The largest absolute Gasteiger partial charge is 0.155 e. The van der Waals surface area contributed by atoms with Gasteiger partial charge in [-0.25, -0.2) is 0 Å². The molecule has 1 atom stereocenters. The van der Waals surface area contributed by atoms with E-state index in [1.807, 2.05) is 11.8 Å². The Balaban J connectivity index is 1.97. The monoisotopic (exact) mass is 198 g/mol. The van der Waals surface area contributed by atoms with Gasteiger partial charge in [-0.1, -0.05) is 13.3 Å². The van der Waals surface area contributed by atoms with E-state index in [9.17, 15) is 0 Å². The topological polar surface area (TPSA) is 0 Å². The summed E-state index contributed by atoms with van der Waals surface area (Å²) < 4.78 is -0.377. The normalized spacial score (nSPS) is 28.5. The van der Waals surface area contributed by atoms with Crippen LogP contribution in [0.3, 0.4) is 0 Å². The van der Waals surface area contributed by atoms with Crippen LogP contribution in [0.15, 0.2) is 0 Å². The highest BCUT2D eigenvalue weighted by Crippen LogP contribution is 2.54. The van der Waals surface area contributed by atoms with E-state index in [0.717, 1.165) is 6.42 Å². The molecule has 0 amide bonds. The number of alkyl halides is 2. The molecule has 0 spiro atoms. The maximum Gasteiger partial charge on any atom is 0.131 e. The van der Waals surface area contributed by atoms with Gasteiger partial charge < -0.3 is 0 Å². The standard InChI is InChI=1S/C7H12Cl2S/c1-2-3-4-10-6-5-7(6,8)9/h6H,2-5H2,1H3. The molecule has 1 aliphatic rings. The van der Waals surface area contributed by atoms with Gasteiger partial charge in [-0.15, -0.1) is 23.2 Å².